The van der Waals surface area contributed by atoms with Gasteiger partial charge >= 0.3 is 0 Å². The first-order chi connectivity index (χ1) is 14.0. The van der Waals surface area contributed by atoms with E-state index < -0.39 is 6.43 Å². The molecule has 1 saturated carbocycles. The molecule has 2 aromatic heterocycles. The third kappa shape index (κ3) is 3.99. The summed E-state index contributed by atoms with van der Waals surface area (Å²) in [6, 6.07) is 1.49. The predicted octanol–water partition coefficient (Wildman–Crippen LogP) is 4.38. The number of pyridine rings is 1. The fourth-order valence-corrected chi connectivity index (χ4v) is 4.73. The lowest BCUT2D eigenvalue weighted by atomic mass is 9.85. The second kappa shape index (κ2) is 8.34. The van der Waals surface area contributed by atoms with Crippen LogP contribution in [0.15, 0.2) is 10.6 Å². The second-order valence-corrected chi connectivity index (χ2v) is 8.19. The number of aryl methyl sites for hydroxylation is 1. The highest BCUT2D eigenvalue weighted by Gasteiger charge is 2.32. The van der Waals surface area contributed by atoms with Gasteiger partial charge in [-0.3, -0.25) is 4.79 Å². The Kier molecular flexibility index (Phi) is 5.81. The predicted molar refractivity (Wildman–Crippen MR) is 103 cm³/mol. The number of nitrogens with zero attached hydrogens (tertiary/aromatic N) is 3. The van der Waals surface area contributed by atoms with Crippen molar-refractivity contribution < 1.29 is 22.8 Å². The molecule has 1 aliphatic heterocycles. The number of rotatable bonds is 4. The van der Waals surface area contributed by atoms with E-state index in [2.05, 4.69) is 10.1 Å². The fraction of sp³-hybridized carbons (Fsp3) is 0.667. The molecule has 4 rings (SSSR count). The molecule has 6 nitrogen and oxygen atoms in total. The van der Waals surface area contributed by atoms with Crippen LogP contribution in [0.5, 0.6) is 0 Å². The van der Waals surface area contributed by atoms with E-state index in [0.717, 1.165) is 25.7 Å². The standard InChI is InChI=1S/C21H27F2N3O3/c1-12-18-16(19(22)23)11-17(24-20(18)29-25-12)13-7-9-26(10-8-13)21(27)14-3-5-15(28-2)6-4-14/h11,13-15,19H,3-10H2,1-2H3. The van der Waals surface area contributed by atoms with Gasteiger partial charge in [0.1, 0.15) is 0 Å². The van der Waals surface area contributed by atoms with Crippen LogP contribution in [-0.4, -0.2) is 47.3 Å². The highest BCUT2D eigenvalue weighted by Crippen LogP contribution is 2.35. The zero-order valence-corrected chi connectivity index (χ0v) is 16.9. The zero-order valence-electron chi connectivity index (χ0n) is 16.9. The van der Waals surface area contributed by atoms with Crippen molar-refractivity contribution in [2.45, 2.75) is 63.9 Å². The van der Waals surface area contributed by atoms with Crippen molar-refractivity contribution >= 4 is 17.0 Å². The Morgan fingerprint density at radius 1 is 1.21 bits per heavy atom. The van der Waals surface area contributed by atoms with E-state index in [1.807, 2.05) is 4.90 Å². The summed E-state index contributed by atoms with van der Waals surface area (Å²) in [7, 11) is 1.72. The quantitative estimate of drug-likeness (QED) is 0.752. The van der Waals surface area contributed by atoms with Crippen LogP contribution < -0.4 is 0 Å². The number of ether oxygens (including phenoxy) is 1. The molecule has 0 radical (unpaired) electrons. The first-order valence-corrected chi connectivity index (χ1v) is 10.3. The van der Waals surface area contributed by atoms with Crippen molar-refractivity contribution in [3.63, 3.8) is 0 Å². The fourth-order valence-electron chi connectivity index (χ4n) is 4.73. The van der Waals surface area contributed by atoms with E-state index in [1.54, 1.807) is 14.0 Å². The third-order valence-corrected chi connectivity index (χ3v) is 6.48. The topological polar surface area (TPSA) is 68.5 Å². The number of hydrogen-bond donors (Lipinski definition) is 0. The summed E-state index contributed by atoms with van der Waals surface area (Å²) in [5.74, 6) is 0.339. The molecule has 0 unspecified atom stereocenters. The summed E-state index contributed by atoms with van der Waals surface area (Å²) in [6.07, 6.45) is 2.70. The van der Waals surface area contributed by atoms with Crippen molar-refractivity contribution in [3.05, 3.63) is 23.0 Å². The van der Waals surface area contributed by atoms with Gasteiger partial charge in [-0.25, -0.2) is 13.8 Å². The van der Waals surface area contributed by atoms with Gasteiger partial charge in [0, 0.05) is 43.3 Å². The summed E-state index contributed by atoms with van der Waals surface area (Å²) in [4.78, 5) is 19.2. The van der Waals surface area contributed by atoms with E-state index in [4.69, 9.17) is 9.26 Å². The summed E-state index contributed by atoms with van der Waals surface area (Å²) in [5.41, 5.74) is 1.13. The number of methoxy groups -OCH3 is 1. The average molecular weight is 407 g/mol. The molecule has 0 aromatic carbocycles. The van der Waals surface area contributed by atoms with Crippen LogP contribution in [-0.2, 0) is 9.53 Å². The maximum absolute atomic E-state index is 13.6. The Bertz CT molecular complexity index is 869. The van der Waals surface area contributed by atoms with Crippen molar-refractivity contribution in [2.24, 2.45) is 5.92 Å². The normalized spacial score (nSPS) is 23.8. The van der Waals surface area contributed by atoms with Crippen molar-refractivity contribution in [3.8, 4) is 0 Å². The number of piperidine rings is 1. The minimum Gasteiger partial charge on any atom is -0.381 e. The minimum absolute atomic E-state index is 0.0376. The highest BCUT2D eigenvalue weighted by molar-refractivity contribution is 5.80. The number of halogens is 2. The van der Waals surface area contributed by atoms with Gasteiger partial charge in [0.25, 0.3) is 12.1 Å². The second-order valence-electron chi connectivity index (χ2n) is 8.19. The molecule has 1 aliphatic carbocycles. The molecule has 2 fully saturated rings. The average Bonchev–Trinajstić information content (AvgIpc) is 3.13. The van der Waals surface area contributed by atoms with Crippen LogP contribution in [0, 0.1) is 12.8 Å². The molecule has 1 amide bonds. The molecule has 3 heterocycles. The Labute approximate surface area is 168 Å². The third-order valence-electron chi connectivity index (χ3n) is 6.48. The molecular formula is C21H27F2N3O3. The molecule has 29 heavy (non-hydrogen) atoms. The first kappa shape index (κ1) is 20.2. The monoisotopic (exact) mass is 407 g/mol. The van der Waals surface area contributed by atoms with E-state index >= 15 is 0 Å². The Morgan fingerprint density at radius 2 is 1.90 bits per heavy atom. The van der Waals surface area contributed by atoms with Crippen LogP contribution >= 0.6 is 0 Å². The number of aromatic nitrogens is 2. The van der Waals surface area contributed by atoms with E-state index in [0.29, 0.717) is 42.7 Å². The Hall–Kier alpha value is -2.09. The lowest BCUT2D eigenvalue weighted by Gasteiger charge is -2.36. The van der Waals surface area contributed by atoms with Crippen LogP contribution in [0.1, 0.15) is 67.8 Å². The Balaban J connectivity index is 1.43. The van der Waals surface area contributed by atoms with Crippen molar-refractivity contribution in [2.75, 3.05) is 20.2 Å². The number of hydrogen-bond acceptors (Lipinski definition) is 5. The summed E-state index contributed by atoms with van der Waals surface area (Å²) >= 11 is 0. The van der Waals surface area contributed by atoms with Gasteiger partial charge in [-0.15, -0.1) is 0 Å². The summed E-state index contributed by atoms with van der Waals surface area (Å²) in [5, 5.41) is 4.10. The van der Waals surface area contributed by atoms with Crippen LogP contribution in [0.3, 0.4) is 0 Å². The van der Waals surface area contributed by atoms with Crippen LogP contribution in [0.25, 0.3) is 11.1 Å². The molecule has 0 atom stereocenters. The van der Waals surface area contributed by atoms with Crippen molar-refractivity contribution in [1.29, 1.82) is 0 Å². The molecule has 2 aliphatic rings. The molecule has 2 aromatic rings. The Morgan fingerprint density at radius 3 is 2.52 bits per heavy atom. The van der Waals surface area contributed by atoms with Crippen LogP contribution in [0.4, 0.5) is 8.78 Å². The number of likely N-dealkylation sites (tertiary alicyclic amines) is 1. The molecule has 0 N–H and O–H groups in total. The number of carbonyl (C=O) groups is 1. The van der Waals surface area contributed by atoms with E-state index in [1.165, 1.54) is 6.07 Å². The number of amides is 1. The van der Waals surface area contributed by atoms with Gasteiger partial charge in [-0.1, -0.05) is 5.16 Å². The molecule has 158 valence electrons. The van der Waals surface area contributed by atoms with E-state index in [9.17, 15) is 13.6 Å². The van der Waals surface area contributed by atoms with Crippen molar-refractivity contribution in [1.82, 2.24) is 15.0 Å². The first-order valence-electron chi connectivity index (χ1n) is 10.3. The zero-order chi connectivity index (χ0) is 20.5. The largest absolute Gasteiger partial charge is 0.381 e. The van der Waals surface area contributed by atoms with Gasteiger partial charge in [0.15, 0.2) is 0 Å². The minimum atomic E-state index is -2.61. The highest BCUT2D eigenvalue weighted by atomic mass is 19.3. The molecule has 0 bridgehead atoms. The van der Waals surface area contributed by atoms with Gasteiger partial charge in [-0.05, 0) is 51.5 Å². The maximum Gasteiger partial charge on any atom is 0.264 e. The lowest BCUT2D eigenvalue weighted by molar-refractivity contribution is -0.138. The number of fused-ring (bicyclic) bond motifs is 1. The SMILES string of the molecule is COC1CCC(C(=O)N2CCC(c3cc(C(F)F)c4c(C)noc4n3)CC2)CC1. The molecule has 8 heteroatoms. The molecule has 1 saturated heterocycles. The van der Waals surface area contributed by atoms with Gasteiger partial charge in [0.05, 0.1) is 17.2 Å². The maximum atomic E-state index is 13.6. The number of carbonyl (C=O) groups excluding carboxylic acids is 1. The summed E-state index contributed by atoms with van der Waals surface area (Å²) < 4.78 is 37.7. The van der Waals surface area contributed by atoms with Crippen LogP contribution in [0.2, 0.25) is 0 Å². The smallest absolute Gasteiger partial charge is 0.264 e. The summed E-state index contributed by atoms with van der Waals surface area (Å²) in [6.45, 7) is 2.91. The van der Waals surface area contributed by atoms with Gasteiger partial charge < -0.3 is 14.2 Å². The molecule has 0 spiro atoms. The lowest BCUT2D eigenvalue weighted by Crippen LogP contribution is -2.42. The van der Waals surface area contributed by atoms with Gasteiger partial charge in [-0.2, -0.15) is 0 Å². The van der Waals surface area contributed by atoms with Gasteiger partial charge in [0.2, 0.25) is 5.91 Å². The number of alkyl halides is 2. The van der Waals surface area contributed by atoms with E-state index in [-0.39, 0.29) is 35.1 Å². The molecular weight excluding hydrogens is 380 g/mol.